The number of carbonyl (C=O) groups excluding carboxylic acids is 1. The molecule has 0 aliphatic rings. The van der Waals surface area contributed by atoms with Gasteiger partial charge in [-0.3, -0.25) is 9.52 Å². The van der Waals surface area contributed by atoms with Crippen LogP contribution < -0.4 is 14.8 Å². The second-order valence-corrected chi connectivity index (χ2v) is 8.18. The molecule has 2 N–H and O–H groups in total. The number of nitrogens with one attached hydrogen (secondary N) is 2. The lowest BCUT2D eigenvalue weighted by atomic mass is 10.2. The molecule has 0 atom stereocenters. The van der Waals surface area contributed by atoms with Crippen LogP contribution in [0.3, 0.4) is 0 Å². The summed E-state index contributed by atoms with van der Waals surface area (Å²) in [5.74, 6) is 0.301. The third kappa shape index (κ3) is 5.14. The van der Waals surface area contributed by atoms with Crippen LogP contribution >= 0.6 is 0 Å². The second-order valence-electron chi connectivity index (χ2n) is 6.50. The first-order valence-corrected chi connectivity index (χ1v) is 10.5. The Hall–Kier alpha value is -3.32. The molecule has 0 bridgehead atoms. The molecule has 0 saturated carbocycles. The number of anilines is 1. The fourth-order valence-electron chi connectivity index (χ4n) is 2.85. The average molecular weight is 410 g/mol. The zero-order valence-electron chi connectivity index (χ0n) is 16.2. The Morgan fingerprint density at radius 3 is 2.48 bits per heavy atom. The van der Waals surface area contributed by atoms with Gasteiger partial charge in [0, 0.05) is 23.4 Å². The number of sulfonamides is 1. The molecule has 0 spiro atoms. The summed E-state index contributed by atoms with van der Waals surface area (Å²) in [7, 11) is -2.25. The molecule has 0 aromatic heterocycles. The number of ether oxygens (including phenoxy) is 1. The lowest BCUT2D eigenvalue weighted by molar-refractivity contribution is 0.0950. The first-order valence-electron chi connectivity index (χ1n) is 8.99. The maximum absolute atomic E-state index is 12.7. The third-order valence-electron chi connectivity index (χ3n) is 4.31. The van der Waals surface area contributed by atoms with Gasteiger partial charge in [-0.25, -0.2) is 8.42 Å². The van der Waals surface area contributed by atoms with Crippen molar-refractivity contribution in [1.82, 2.24) is 5.32 Å². The molecule has 0 unspecified atom stereocenters. The van der Waals surface area contributed by atoms with E-state index in [1.54, 1.807) is 37.4 Å². The molecule has 0 aliphatic heterocycles. The monoisotopic (exact) mass is 410 g/mol. The molecule has 0 heterocycles. The number of hydrogen-bond acceptors (Lipinski definition) is 4. The van der Waals surface area contributed by atoms with E-state index in [-0.39, 0.29) is 22.9 Å². The van der Waals surface area contributed by atoms with Crippen molar-refractivity contribution in [3.05, 3.63) is 89.5 Å². The van der Waals surface area contributed by atoms with Crippen molar-refractivity contribution in [2.75, 3.05) is 11.8 Å². The molecule has 1 amide bonds. The summed E-state index contributed by atoms with van der Waals surface area (Å²) in [6.07, 6.45) is 0. The van der Waals surface area contributed by atoms with Crippen molar-refractivity contribution < 1.29 is 17.9 Å². The summed E-state index contributed by atoms with van der Waals surface area (Å²) in [5.41, 5.74) is 2.49. The SMILES string of the molecule is COc1ccccc1CNC(=O)c1cccc(S(=O)(=O)Nc2cccc(C)c2)c1. The predicted molar refractivity (Wildman–Crippen MR) is 113 cm³/mol. The van der Waals surface area contributed by atoms with Gasteiger partial charge in [0.05, 0.1) is 12.0 Å². The van der Waals surface area contributed by atoms with Gasteiger partial charge in [-0.2, -0.15) is 0 Å². The minimum absolute atomic E-state index is 0.0175. The van der Waals surface area contributed by atoms with Crippen LogP contribution in [0.15, 0.2) is 77.7 Å². The standard InChI is InChI=1S/C22H22N2O4S/c1-16-7-5-10-19(13-16)24-29(26,27)20-11-6-9-17(14-20)22(25)23-15-18-8-3-4-12-21(18)28-2/h3-14,24H,15H2,1-2H3,(H,23,25). The Morgan fingerprint density at radius 1 is 0.966 bits per heavy atom. The summed E-state index contributed by atoms with van der Waals surface area (Å²) in [6.45, 7) is 2.14. The highest BCUT2D eigenvalue weighted by atomic mass is 32.2. The summed E-state index contributed by atoms with van der Waals surface area (Å²) >= 11 is 0. The van der Waals surface area contributed by atoms with Gasteiger partial charge < -0.3 is 10.1 Å². The highest BCUT2D eigenvalue weighted by molar-refractivity contribution is 7.92. The van der Waals surface area contributed by atoms with E-state index in [0.717, 1.165) is 11.1 Å². The van der Waals surface area contributed by atoms with E-state index in [1.807, 2.05) is 37.3 Å². The number of rotatable bonds is 7. The Kier molecular flexibility index (Phi) is 6.19. The minimum atomic E-state index is -3.81. The Balaban J connectivity index is 1.75. The van der Waals surface area contributed by atoms with Crippen LogP contribution in [0.5, 0.6) is 5.75 Å². The zero-order valence-corrected chi connectivity index (χ0v) is 17.0. The fourth-order valence-corrected chi connectivity index (χ4v) is 3.95. The van der Waals surface area contributed by atoms with Crippen LogP contribution in [0.2, 0.25) is 0 Å². The molecule has 0 saturated heterocycles. The smallest absolute Gasteiger partial charge is 0.261 e. The molecule has 3 aromatic carbocycles. The van der Waals surface area contributed by atoms with Gasteiger partial charge in [0.1, 0.15) is 5.75 Å². The topological polar surface area (TPSA) is 84.5 Å². The summed E-state index contributed by atoms with van der Waals surface area (Å²) < 4.78 is 33.2. The van der Waals surface area contributed by atoms with E-state index in [4.69, 9.17) is 4.74 Å². The Labute approximate surface area is 170 Å². The average Bonchev–Trinajstić information content (AvgIpc) is 2.72. The number of hydrogen-bond donors (Lipinski definition) is 2. The molecule has 0 radical (unpaired) electrons. The van der Waals surface area contributed by atoms with Gasteiger partial charge in [0.2, 0.25) is 0 Å². The van der Waals surface area contributed by atoms with Gasteiger partial charge in [0.25, 0.3) is 15.9 Å². The Morgan fingerprint density at radius 2 is 1.72 bits per heavy atom. The maximum Gasteiger partial charge on any atom is 0.261 e. The van der Waals surface area contributed by atoms with Crippen LogP contribution in [0.1, 0.15) is 21.5 Å². The van der Waals surface area contributed by atoms with Crippen LogP contribution in [-0.2, 0) is 16.6 Å². The molecule has 3 rings (SSSR count). The minimum Gasteiger partial charge on any atom is -0.496 e. The quantitative estimate of drug-likeness (QED) is 0.622. The summed E-state index contributed by atoms with van der Waals surface area (Å²) in [4.78, 5) is 12.6. The molecule has 0 fully saturated rings. The number of carbonyl (C=O) groups is 1. The first kappa shape index (κ1) is 20.4. The summed E-state index contributed by atoms with van der Waals surface area (Å²) in [6, 6.07) is 20.4. The van der Waals surface area contributed by atoms with Crippen molar-refractivity contribution in [2.24, 2.45) is 0 Å². The predicted octanol–water partition coefficient (Wildman–Crippen LogP) is 3.73. The van der Waals surface area contributed by atoms with E-state index < -0.39 is 10.0 Å². The summed E-state index contributed by atoms with van der Waals surface area (Å²) in [5, 5.41) is 2.79. The molecule has 29 heavy (non-hydrogen) atoms. The molecule has 6 nitrogen and oxygen atoms in total. The lowest BCUT2D eigenvalue weighted by Crippen LogP contribution is -2.23. The van der Waals surface area contributed by atoms with Gasteiger partial charge >= 0.3 is 0 Å². The van der Waals surface area contributed by atoms with Gasteiger partial charge in [-0.1, -0.05) is 36.4 Å². The van der Waals surface area contributed by atoms with E-state index >= 15 is 0 Å². The number of methoxy groups -OCH3 is 1. The van der Waals surface area contributed by atoms with Crippen molar-refractivity contribution in [2.45, 2.75) is 18.4 Å². The molecule has 150 valence electrons. The zero-order chi connectivity index (χ0) is 20.9. The van der Waals surface area contributed by atoms with Crippen LogP contribution in [-0.4, -0.2) is 21.4 Å². The van der Waals surface area contributed by atoms with E-state index in [2.05, 4.69) is 10.0 Å². The third-order valence-corrected chi connectivity index (χ3v) is 5.69. The van der Waals surface area contributed by atoms with E-state index in [1.165, 1.54) is 12.1 Å². The molecular formula is C22H22N2O4S. The molecule has 3 aromatic rings. The maximum atomic E-state index is 12.7. The van der Waals surface area contributed by atoms with Crippen molar-refractivity contribution >= 4 is 21.6 Å². The highest BCUT2D eigenvalue weighted by Gasteiger charge is 2.17. The molecule has 7 heteroatoms. The second kappa shape index (κ2) is 8.79. The Bertz CT molecular complexity index is 1130. The van der Waals surface area contributed by atoms with Gasteiger partial charge in [0.15, 0.2) is 0 Å². The van der Waals surface area contributed by atoms with Gasteiger partial charge in [-0.05, 0) is 48.9 Å². The normalized spacial score (nSPS) is 11.0. The number of para-hydroxylation sites is 1. The van der Waals surface area contributed by atoms with E-state index in [9.17, 15) is 13.2 Å². The van der Waals surface area contributed by atoms with Crippen LogP contribution in [0.25, 0.3) is 0 Å². The van der Waals surface area contributed by atoms with Crippen molar-refractivity contribution in [3.63, 3.8) is 0 Å². The molecule has 0 aliphatic carbocycles. The first-order chi connectivity index (χ1) is 13.9. The highest BCUT2D eigenvalue weighted by Crippen LogP contribution is 2.19. The number of aryl methyl sites for hydroxylation is 1. The fraction of sp³-hybridized carbons (Fsp3) is 0.136. The lowest BCUT2D eigenvalue weighted by Gasteiger charge is -2.11. The van der Waals surface area contributed by atoms with Crippen LogP contribution in [0, 0.1) is 6.92 Å². The largest absolute Gasteiger partial charge is 0.496 e. The number of amides is 1. The number of benzene rings is 3. The van der Waals surface area contributed by atoms with Crippen molar-refractivity contribution in [3.8, 4) is 5.75 Å². The van der Waals surface area contributed by atoms with Crippen molar-refractivity contribution in [1.29, 1.82) is 0 Å². The van der Waals surface area contributed by atoms with E-state index in [0.29, 0.717) is 11.4 Å². The van der Waals surface area contributed by atoms with Crippen LogP contribution in [0.4, 0.5) is 5.69 Å². The molecular weight excluding hydrogens is 388 g/mol. The van der Waals surface area contributed by atoms with Gasteiger partial charge in [-0.15, -0.1) is 0 Å².